The molecule has 150 valence electrons. The Hall–Kier alpha value is -3.01. The smallest absolute Gasteiger partial charge is 0.228 e. The van der Waals surface area contributed by atoms with Gasteiger partial charge in [-0.15, -0.1) is 0 Å². The molecule has 1 aromatic carbocycles. The molecule has 0 radical (unpaired) electrons. The fourth-order valence-corrected chi connectivity index (χ4v) is 3.85. The number of ether oxygens (including phenoxy) is 3. The van der Waals surface area contributed by atoms with Gasteiger partial charge >= 0.3 is 0 Å². The first-order chi connectivity index (χ1) is 14.1. The molecule has 2 aliphatic heterocycles. The van der Waals surface area contributed by atoms with Crippen molar-refractivity contribution in [2.24, 2.45) is 0 Å². The molecule has 3 heterocycles. The maximum Gasteiger partial charge on any atom is 0.228 e. The molecular weight excluding hydrogens is 378 g/mol. The molecule has 29 heavy (non-hydrogen) atoms. The third-order valence-electron chi connectivity index (χ3n) is 5.15. The van der Waals surface area contributed by atoms with E-state index in [-0.39, 0.29) is 41.9 Å². The van der Waals surface area contributed by atoms with E-state index in [1.54, 1.807) is 28.8 Å². The Kier molecular flexibility index (Phi) is 4.23. The van der Waals surface area contributed by atoms with Crippen LogP contribution >= 0.6 is 0 Å². The number of nitrogens with one attached hydrogen (secondary N) is 1. The third kappa shape index (κ3) is 2.86. The minimum absolute atomic E-state index is 0.0801. The standard InChI is InChI=1S/C20H19N3O6/c1-2-27-11-5-3-10(4-6-11)21-12-7-13(24)16-17(18(12)26)23-15(22-16)9-28-19-14(25)8-29-20(19)23/h3-7,14,19-21,25H,2,8-9H2,1H3/t14-,19-,20+/m1/s1. The first-order valence-electron chi connectivity index (χ1n) is 9.39. The zero-order valence-electron chi connectivity index (χ0n) is 15.6. The van der Waals surface area contributed by atoms with E-state index in [4.69, 9.17) is 14.2 Å². The first-order valence-corrected chi connectivity index (χ1v) is 9.39. The number of ketones is 2. The predicted molar refractivity (Wildman–Crippen MR) is 99.8 cm³/mol. The molecule has 3 atom stereocenters. The Labute approximate surface area is 165 Å². The van der Waals surface area contributed by atoms with Crippen LogP contribution in [0.3, 0.4) is 0 Å². The molecule has 5 rings (SSSR count). The lowest BCUT2D eigenvalue weighted by atomic mass is 10.0. The molecule has 0 amide bonds. The topological polar surface area (TPSA) is 112 Å². The lowest BCUT2D eigenvalue weighted by Crippen LogP contribution is -2.38. The number of hydrogen-bond donors (Lipinski definition) is 2. The second kappa shape index (κ2) is 6.80. The van der Waals surface area contributed by atoms with Gasteiger partial charge in [0.15, 0.2) is 6.23 Å². The number of aliphatic hydroxyl groups excluding tert-OH is 1. The molecule has 2 aromatic rings. The van der Waals surface area contributed by atoms with Gasteiger partial charge in [-0.2, -0.15) is 0 Å². The maximum atomic E-state index is 13.2. The number of allylic oxidation sites excluding steroid dienone is 2. The Bertz CT molecular complexity index is 1030. The Morgan fingerprint density at radius 2 is 2.07 bits per heavy atom. The van der Waals surface area contributed by atoms with Crippen LogP contribution in [-0.4, -0.2) is 51.6 Å². The monoisotopic (exact) mass is 397 g/mol. The van der Waals surface area contributed by atoms with E-state index in [0.29, 0.717) is 23.9 Å². The number of hydrogen-bond acceptors (Lipinski definition) is 8. The van der Waals surface area contributed by atoms with Crippen LogP contribution in [0.25, 0.3) is 0 Å². The van der Waals surface area contributed by atoms with Gasteiger partial charge in [-0.25, -0.2) is 4.98 Å². The average molecular weight is 397 g/mol. The number of imidazole rings is 1. The van der Waals surface area contributed by atoms with Gasteiger partial charge in [-0.05, 0) is 31.2 Å². The molecule has 1 aromatic heterocycles. The van der Waals surface area contributed by atoms with Crippen LogP contribution in [0, 0.1) is 0 Å². The third-order valence-corrected chi connectivity index (χ3v) is 5.15. The molecule has 9 heteroatoms. The van der Waals surface area contributed by atoms with Gasteiger partial charge < -0.3 is 24.6 Å². The van der Waals surface area contributed by atoms with Crippen LogP contribution in [0.15, 0.2) is 36.0 Å². The van der Waals surface area contributed by atoms with E-state index >= 15 is 0 Å². The molecule has 0 unspecified atom stereocenters. The van der Waals surface area contributed by atoms with Crippen molar-refractivity contribution in [3.8, 4) is 5.75 Å². The highest BCUT2D eigenvalue weighted by molar-refractivity contribution is 6.24. The number of nitrogens with zero attached hydrogens (tertiary/aromatic N) is 2. The maximum absolute atomic E-state index is 13.2. The molecule has 1 fully saturated rings. The first kappa shape index (κ1) is 18.0. The van der Waals surface area contributed by atoms with E-state index in [2.05, 4.69) is 10.3 Å². The van der Waals surface area contributed by atoms with Crippen molar-refractivity contribution in [1.82, 2.24) is 9.55 Å². The molecule has 0 saturated carbocycles. The predicted octanol–water partition coefficient (Wildman–Crippen LogP) is 1.45. The van der Waals surface area contributed by atoms with Gasteiger partial charge in [0.1, 0.15) is 41.8 Å². The number of aliphatic hydroxyl groups is 1. The Balaban J connectivity index is 1.47. The van der Waals surface area contributed by atoms with Gasteiger partial charge in [-0.1, -0.05) is 0 Å². The van der Waals surface area contributed by atoms with Gasteiger partial charge in [0, 0.05) is 11.8 Å². The summed E-state index contributed by atoms with van der Waals surface area (Å²) in [5, 5.41) is 13.1. The van der Waals surface area contributed by atoms with Crippen LogP contribution in [0.4, 0.5) is 5.69 Å². The summed E-state index contributed by atoms with van der Waals surface area (Å²) in [6.45, 7) is 2.65. The SMILES string of the molecule is CCOc1ccc(NC2=CC(=O)c3nc4n(c3C2=O)[C@H]2OC[C@@H](O)[C@H]2OC4)cc1. The van der Waals surface area contributed by atoms with Gasteiger partial charge in [0.25, 0.3) is 0 Å². The quantitative estimate of drug-likeness (QED) is 0.797. The number of benzene rings is 1. The van der Waals surface area contributed by atoms with Crippen LogP contribution < -0.4 is 10.1 Å². The minimum Gasteiger partial charge on any atom is -0.494 e. The number of fused-ring (bicyclic) bond motifs is 5. The number of aromatic nitrogens is 2. The van der Waals surface area contributed by atoms with E-state index < -0.39 is 18.4 Å². The molecule has 9 nitrogen and oxygen atoms in total. The number of carbonyl (C=O) groups is 2. The summed E-state index contributed by atoms with van der Waals surface area (Å²) in [6.07, 6.45) is -0.829. The largest absolute Gasteiger partial charge is 0.494 e. The highest BCUT2D eigenvalue weighted by atomic mass is 16.6. The van der Waals surface area contributed by atoms with Crippen LogP contribution in [0.1, 0.15) is 40.0 Å². The Morgan fingerprint density at radius 1 is 1.28 bits per heavy atom. The summed E-state index contributed by atoms with van der Waals surface area (Å²) in [5.74, 6) is 0.416. The zero-order chi connectivity index (χ0) is 20.1. The molecular formula is C20H19N3O6. The van der Waals surface area contributed by atoms with Crippen LogP contribution in [0.5, 0.6) is 5.75 Å². The highest BCUT2D eigenvalue weighted by Gasteiger charge is 2.46. The molecule has 1 aliphatic carbocycles. The fourth-order valence-electron chi connectivity index (χ4n) is 3.85. The summed E-state index contributed by atoms with van der Waals surface area (Å²) in [5.41, 5.74) is 1.04. The van der Waals surface area contributed by atoms with E-state index in [9.17, 15) is 14.7 Å². The zero-order valence-corrected chi connectivity index (χ0v) is 15.6. The van der Waals surface area contributed by atoms with Crippen molar-refractivity contribution < 1.29 is 28.9 Å². The van der Waals surface area contributed by atoms with Gasteiger partial charge in [0.05, 0.1) is 18.9 Å². The van der Waals surface area contributed by atoms with E-state index in [0.717, 1.165) is 0 Å². The van der Waals surface area contributed by atoms with Crippen molar-refractivity contribution in [3.63, 3.8) is 0 Å². The number of anilines is 1. The van der Waals surface area contributed by atoms with Crippen molar-refractivity contribution in [1.29, 1.82) is 0 Å². The summed E-state index contributed by atoms with van der Waals surface area (Å²) in [4.78, 5) is 30.2. The van der Waals surface area contributed by atoms with E-state index in [1.807, 2.05) is 6.92 Å². The second-order valence-corrected chi connectivity index (χ2v) is 7.00. The number of rotatable bonds is 4. The summed E-state index contributed by atoms with van der Waals surface area (Å²) < 4.78 is 18.2. The lowest BCUT2D eigenvalue weighted by Gasteiger charge is -2.29. The molecule has 3 aliphatic rings. The van der Waals surface area contributed by atoms with E-state index in [1.165, 1.54) is 6.08 Å². The van der Waals surface area contributed by atoms with Gasteiger partial charge in [-0.3, -0.25) is 14.2 Å². The van der Waals surface area contributed by atoms with Crippen molar-refractivity contribution in [3.05, 3.63) is 53.3 Å². The average Bonchev–Trinajstić information content (AvgIpc) is 3.29. The van der Waals surface area contributed by atoms with Crippen molar-refractivity contribution >= 4 is 17.3 Å². The summed E-state index contributed by atoms with van der Waals surface area (Å²) in [6, 6.07) is 7.10. The minimum atomic E-state index is -0.794. The van der Waals surface area contributed by atoms with Crippen LogP contribution in [0.2, 0.25) is 0 Å². The Morgan fingerprint density at radius 3 is 2.83 bits per heavy atom. The highest BCUT2D eigenvalue weighted by Crippen LogP contribution is 2.37. The van der Waals surface area contributed by atoms with Crippen LogP contribution in [-0.2, 0) is 16.1 Å². The molecule has 0 bridgehead atoms. The van der Waals surface area contributed by atoms with Crippen molar-refractivity contribution in [2.75, 3.05) is 18.5 Å². The van der Waals surface area contributed by atoms with Gasteiger partial charge in [0.2, 0.25) is 11.6 Å². The summed E-state index contributed by atoms with van der Waals surface area (Å²) in [7, 11) is 0. The molecule has 1 saturated heterocycles. The molecule has 2 N–H and O–H groups in total. The number of carbonyl (C=O) groups excluding carboxylic acids is 2. The molecule has 0 spiro atoms. The fraction of sp³-hybridized carbons (Fsp3) is 0.350. The lowest BCUT2D eigenvalue weighted by molar-refractivity contribution is -0.0992. The normalized spacial score (nSPS) is 25.2. The summed E-state index contributed by atoms with van der Waals surface area (Å²) >= 11 is 0. The van der Waals surface area contributed by atoms with Crippen molar-refractivity contribution in [2.45, 2.75) is 32.0 Å². The number of Topliss-reactive ketones (excluding diaryl/α,β-unsaturated/α-hetero) is 1. The second-order valence-electron chi connectivity index (χ2n) is 7.00.